The lowest BCUT2D eigenvalue weighted by atomic mass is 9.82. The van der Waals surface area contributed by atoms with Gasteiger partial charge in [-0.2, -0.15) is 0 Å². The Kier molecular flexibility index (Phi) is 15.3. The summed E-state index contributed by atoms with van der Waals surface area (Å²) in [6, 6.07) is 3.14. The molecule has 1 aromatic rings. The summed E-state index contributed by atoms with van der Waals surface area (Å²) in [5.74, 6) is -3.21. The van der Waals surface area contributed by atoms with E-state index in [0.717, 1.165) is 19.3 Å². The van der Waals surface area contributed by atoms with Crippen molar-refractivity contribution in [3.05, 3.63) is 23.8 Å². The molecule has 0 heterocycles. The molecule has 1 aromatic carbocycles. The van der Waals surface area contributed by atoms with Crippen LogP contribution in [0.3, 0.4) is 0 Å². The molecule has 226 valence electrons. The minimum absolute atomic E-state index is 0.00743. The minimum Gasteiger partial charge on any atom is -0.480 e. The molecule has 6 atom stereocenters. The van der Waals surface area contributed by atoms with Crippen LogP contribution in [-0.4, -0.2) is 48.4 Å². The number of carbonyl (C=O) groups excluding carboxylic acids is 3. The topological polar surface area (TPSA) is 151 Å². The van der Waals surface area contributed by atoms with E-state index in [1.807, 2.05) is 41.5 Å². The summed E-state index contributed by atoms with van der Waals surface area (Å²) in [5.41, 5.74) is 6.50. The van der Waals surface area contributed by atoms with Crippen molar-refractivity contribution in [2.24, 2.45) is 29.4 Å². The Hall–Kier alpha value is -3.14. The number of carbonyl (C=O) groups is 4. The van der Waals surface area contributed by atoms with Crippen LogP contribution in [0, 0.1) is 23.7 Å². The largest absolute Gasteiger partial charge is 0.508 e. The molecule has 0 aromatic heterocycles. The predicted octanol–water partition coefficient (Wildman–Crippen LogP) is 5.70. The number of hydrogen-bond acceptors (Lipinski definition) is 9. The first kappa shape index (κ1) is 34.9. The van der Waals surface area contributed by atoms with Crippen LogP contribution in [0.15, 0.2) is 18.2 Å². The SMILES string of the molecule is CCC(C)COC(=O)OCC(C)C(c1ccc(OC(=O)CC(C)CC)c(OC(=O)CC(C)CC)c1)[C@H](N)C(=O)O. The monoisotopic (exact) mass is 565 g/mol. The van der Waals surface area contributed by atoms with Crippen molar-refractivity contribution >= 4 is 24.1 Å². The summed E-state index contributed by atoms with van der Waals surface area (Å²) in [6.07, 6.45) is 1.91. The second-order valence-corrected chi connectivity index (χ2v) is 10.8. The van der Waals surface area contributed by atoms with Gasteiger partial charge in [0.25, 0.3) is 0 Å². The lowest BCUT2D eigenvalue weighted by molar-refractivity contribution is -0.139. The van der Waals surface area contributed by atoms with E-state index in [1.54, 1.807) is 13.0 Å². The summed E-state index contributed by atoms with van der Waals surface area (Å²) >= 11 is 0. The van der Waals surface area contributed by atoms with Crippen molar-refractivity contribution < 1.29 is 43.2 Å². The molecule has 0 saturated heterocycles. The summed E-state index contributed by atoms with van der Waals surface area (Å²) < 4.78 is 21.5. The highest BCUT2D eigenvalue weighted by Gasteiger charge is 2.33. The van der Waals surface area contributed by atoms with Gasteiger partial charge in [-0.3, -0.25) is 14.4 Å². The number of hydrogen-bond donors (Lipinski definition) is 2. The van der Waals surface area contributed by atoms with Gasteiger partial charge in [0.1, 0.15) is 6.04 Å². The smallest absolute Gasteiger partial charge is 0.480 e. The molecule has 1 rings (SSSR count). The van der Waals surface area contributed by atoms with E-state index in [1.165, 1.54) is 12.1 Å². The maximum absolute atomic E-state index is 12.7. The maximum Gasteiger partial charge on any atom is 0.508 e. The van der Waals surface area contributed by atoms with E-state index in [-0.39, 0.29) is 55.3 Å². The van der Waals surface area contributed by atoms with Crippen molar-refractivity contribution in [2.45, 2.75) is 92.5 Å². The van der Waals surface area contributed by atoms with Gasteiger partial charge in [0.15, 0.2) is 11.5 Å². The Morgan fingerprint density at radius 2 is 1.27 bits per heavy atom. The second-order valence-electron chi connectivity index (χ2n) is 10.8. The van der Waals surface area contributed by atoms with Gasteiger partial charge in [-0.15, -0.1) is 0 Å². The quantitative estimate of drug-likeness (QED) is 0.178. The van der Waals surface area contributed by atoms with Crippen LogP contribution in [0.4, 0.5) is 4.79 Å². The molecule has 5 unspecified atom stereocenters. The molecule has 10 heteroatoms. The van der Waals surface area contributed by atoms with Crippen LogP contribution < -0.4 is 15.2 Å². The van der Waals surface area contributed by atoms with Crippen molar-refractivity contribution in [3.63, 3.8) is 0 Å². The first-order valence-corrected chi connectivity index (χ1v) is 14.2. The normalized spacial score (nSPS) is 15.6. The van der Waals surface area contributed by atoms with Crippen LogP contribution in [-0.2, 0) is 23.9 Å². The van der Waals surface area contributed by atoms with E-state index >= 15 is 0 Å². The van der Waals surface area contributed by atoms with E-state index < -0.39 is 41.9 Å². The fraction of sp³-hybridized carbons (Fsp3) is 0.667. The summed E-state index contributed by atoms with van der Waals surface area (Å²) in [4.78, 5) is 49.1. The molecule has 0 amide bonds. The highest BCUT2D eigenvalue weighted by molar-refractivity contribution is 5.77. The molecule has 0 aliphatic rings. The highest BCUT2D eigenvalue weighted by Crippen LogP contribution is 2.36. The van der Waals surface area contributed by atoms with Crippen LogP contribution in [0.2, 0.25) is 0 Å². The molecule has 0 fully saturated rings. The predicted molar refractivity (Wildman–Crippen MR) is 150 cm³/mol. The number of carboxylic acids is 1. The van der Waals surface area contributed by atoms with Gasteiger partial charge in [-0.1, -0.05) is 73.8 Å². The Balaban J connectivity index is 3.29. The lowest BCUT2D eigenvalue weighted by Crippen LogP contribution is -2.40. The van der Waals surface area contributed by atoms with E-state index in [4.69, 9.17) is 24.7 Å². The number of ether oxygens (including phenoxy) is 4. The molecule has 3 N–H and O–H groups in total. The van der Waals surface area contributed by atoms with Crippen LogP contribution in [0.1, 0.15) is 92.1 Å². The summed E-state index contributed by atoms with van der Waals surface area (Å²) in [5, 5.41) is 9.72. The van der Waals surface area contributed by atoms with Crippen LogP contribution in [0.5, 0.6) is 11.5 Å². The highest BCUT2D eigenvalue weighted by atomic mass is 16.7. The number of carboxylic acid groups (broad SMARTS) is 1. The number of nitrogens with two attached hydrogens (primary N) is 1. The Morgan fingerprint density at radius 1 is 0.775 bits per heavy atom. The maximum atomic E-state index is 12.7. The van der Waals surface area contributed by atoms with Crippen molar-refractivity contribution in [3.8, 4) is 11.5 Å². The third-order valence-corrected chi connectivity index (χ3v) is 7.16. The first-order chi connectivity index (χ1) is 18.8. The van der Waals surface area contributed by atoms with Gasteiger partial charge in [0, 0.05) is 18.8 Å². The van der Waals surface area contributed by atoms with E-state index in [0.29, 0.717) is 5.56 Å². The van der Waals surface area contributed by atoms with Gasteiger partial charge in [-0.05, 0) is 41.4 Å². The lowest BCUT2D eigenvalue weighted by Gasteiger charge is -2.28. The third-order valence-electron chi connectivity index (χ3n) is 7.16. The number of benzene rings is 1. The van der Waals surface area contributed by atoms with Crippen LogP contribution in [0.25, 0.3) is 0 Å². The molecular formula is C30H47NO9. The zero-order valence-electron chi connectivity index (χ0n) is 24.9. The zero-order valence-corrected chi connectivity index (χ0v) is 24.9. The fourth-order valence-electron chi connectivity index (χ4n) is 3.80. The van der Waals surface area contributed by atoms with Crippen molar-refractivity contribution in [1.82, 2.24) is 0 Å². The number of esters is 2. The molecule has 0 radical (unpaired) electrons. The Bertz CT molecular complexity index is 980. The molecule has 0 bridgehead atoms. The first-order valence-electron chi connectivity index (χ1n) is 14.2. The molecule has 10 nitrogen and oxygen atoms in total. The van der Waals surface area contributed by atoms with Crippen molar-refractivity contribution in [1.29, 1.82) is 0 Å². The van der Waals surface area contributed by atoms with E-state index in [2.05, 4.69) is 0 Å². The molecule has 0 saturated carbocycles. The molecule has 0 aliphatic carbocycles. The van der Waals surface area contributed by atoms with Gasteiger partial charge >= 0.3 is 24.1 Å². The van der Waals surface area contributed by atoms with Gasteiger partial charge in [0.05, 0.1) is 13.2 Å². The molecule has 0 spiro atoms. The average molecular weight is 566 g/mol. The second kappa shape index (κ2) is 17.5. The van der Waals surface area contributed by atoms with Crippen LogP contribution >= 0.6 is 0 Å². The summed E-state index contributed by atoms with van der Waals surface area (Å²) in [6.45, 7) is 13.5. The number of rotatable bonds is 17. The molecule has 0 aliphatic heterocycles. The summed E-state index contributed by atoms with van der Waals surface area (Å²) in [7, 11) is 0. The standard InChI is InChI=1S/C30H47NO9/c1-8-18(4)13-25(32)39-23-12-11-22(15-24(23)40-26(33)14-19(5)9-2)27(28(31)29(34)35)21(7)17-38-30(36)37-16-20(6)10-3/h11-12,15,18-21,27-28H,8-10,13-14,16-17,31H2,1-7H3,(H,34,35)/t18?,19?,20?,21?,27?,28-/m0/s1. The Labute approximate surface area is 237 Å². The Morgan fingerprint density at radius 3 is 1.77 bits per heavy atom. The van der Waals surface area contributed by atoms with Gasteiger partial charge < -0.3 is 29.8 Å². The van der Waals surface area contributed by atoms with Crippen molar-refractivity contribution in [2.75, 3.05) is 13.2 Å². The average Bonchev–Trinajstić information content (AvgIpc) is 2.91. The minimum atomic E-state index is -1.36. The molecule has 40 heavy (non-hydrogen) atoms. The van der Waals surface area contributed by atoms with E-state index in [9.17, 15) is 24.3 Å². The molecular weight excluding hydrogens is 518 g/mol. The van der Waals surface area contributed by atoms with Gasteiger partial charge in [-0.25, -0.2) is 4.79 Å². The zero-order chi connectivity index (χ0) is 30.4. The number of aliphatic carboxylic acids is 1. The third kappa shape index (κ3) is 11.9. The fourth-order valence-corrected chi connectivity index (χ4v) is 3.80. The van der Waals surface area contributed by atoms with Gasteiger partial charge in [0.2, 0.25) is 0 Å².